The first kappa shape index (κ1) is 13.2. The van der Waals surface area contributed by atoms with Gasteiger partial charge in [-0.15, -0.1) is 0 Å². The number of benzene rings is 1. The molecule has 1 rings (SSSR count). The second-order valence-electron chi connectivity index (χ2n) is 3.15. The maximum absolute atomic E-state index is 12.5. The molecule has 1 aromatic rings. The van der Waals surface area contributed by atoms with Crippen LogP contribution in [0.2, 0.25) is 0 Å². The molecule has 0 radical (unpaired) electrons. The SMILES string of the molecule is [N-]=[N+]=NCCCOc1ccccc1C(F)(F)F. The summed E-state index contributed by atoms with van der Waals surface area (Å²) in [6, 6.07) is 4.99. The zero-order chi connectivity index (χ0) is 12.7. The Morgan fingerprint density at radius 1 is 1.29 bits per heavy atom. The van der Waals surface area contributed by atoms with E-state index in [-0.39, 0.29) is 18.9 Å². The monoisotopic (exact) mass is 245 g/mol. The fraction of sp³-hybridized carbons (Fsp3) is 0.400. The molecule has 7 heteroatoms. The molecule has 92 valence electrons. The van der Waals surface area contributed by atoms with Crippen LogP contribution in [0.3, 0.4) is 0 Å². The summed E-state index contributed by atoms with van der Waals surface area (Å²) in [5, 5.41) is 3.25. The molecule has 0 aliphatic rings. The molecule has 0 saturated heterocycles. The topological polar surface area (TPSA) is 58.0 Å². The van der Waals surface area contributed by atoms with Gasteiger partial charge in [-0.25, -0.2) is 0 Å². The molecule has 4 nitrogen and oxygen atoms in total. The first-order valence-electron chi connectivity index (χ1n) is 4.85. The quantitative estimate of drug-likeness (QED) is 0.337. The van der Waals surface area contributed by atoms with Crippen LogP contribution in [-0.2, 0) is 6.18 Å². The predicted octanol–water partition coefficient (Wildman–Crippen LogP) is 3.78. The van der Waals surface area contributed by atoms with Gasteiger partial charge in [0.2, 0.25) is 0 Å². The number of halogens is 3. The van der Waals surface area contributed by atoms with E-state index in [0.29, 0.717) is 6.42 Å². The number of hydrogen-bond donors (Lipinski definition) is 0. The van der Waals surface area contributed by atoms with Crippen LogP contribution in [0.15, 0.2) is 29.4 Å². The molecule has 0 aliphatic carbocycles. The molecular weight excluding hydrogens is 235 g/mol. The van der Waals surface area contributed by atoms with Gasteiger partial charge in [-0.1, -0.05) is 17.2 Å². The average molecular weight is 245 g/mol. The number of nitrogens with zero attached hydrogens (tertiary/aromatic N) is 3. The molecule has 0 bridgehead atoms. The van der Waals surface area contributed by atoms with Crippen molar-refractivity contribution in [3.63, 3.8) is 0 Å². The van der Waals surface area contributed by atoms with Crippen LogP contribution < -0.4 is 4.74 Å². The van der Waals surface area contributed by atoms with Crippen molar-refractivity contribution in [2.24, 2.45) is 5.11 Å². The van der Waals surface area contributed by atoms with Gasteiger partial charge in [0.15, 0.2) is 0 Å². The lowest BCUT2D eigenvalue weighted by molar-refractivity contribution is -0.138. The van der Waals surface area contributed by atoms with Gasteiger partial charge in [0, 0.05) is 11.5 Å². The van der Waals surface area contributed by atoms with Crippen LogP contribution in [-0.4, -0.2) is 13.2 Å². The first-order valence-corrected chi connectivity index (χ1v) is 4.85. The molecule has 1 aromatic carbocycles. The first-order chi connectivity index (χ1) is 8.05. The molecule has 0 spiro atoms. The number of hydrogen-bond acceptors (Lipinski definition) is 2. The third-order valence-corrected chi connectivity index (χ3v) is 1.92. The Labute approximate surface area is 95.6 Å². The van der Waals surface area contributed by atoms with Crippen molar-refractivity contribution in [1.82, 2.24) is 0 Å². The Bertz CT molecular complexity index is 414. The van der Waals surface area contributed by atoms with Gasteiger partial charge in [0.05, 0.1) is 12.2 Å². The van der Waals surface area contributed by atoms with Crippen LogP contribution in [0.25, 0.3) is 10.4 Å². The molecule has 0 N–H and O–H groups in total. The summed E-state index contributed by atoms with van der Waals surface area (Å²) in [5.74, 6) is -0.207. The zero-order valence-corrected chi connectivity index (χ0v) is 8.81. The number of ether oxygens (including phenoxy) is 1. The Kier molecular flexibility index (Phi) is 4.66. The zero-order valence-electron chi connectivity index (χ0n) is 8.81. The van der Waals surface area contributed by atoms with Gasteiger partial charge in [-0.2, -0.15) is 13.2 Å². The van der Waals surface area contributed by atoms with E-state index in [1.165, 1.54) is 18.2 Å². The standard InChI is InChI=1S/C10H10F3N3O/c11-10(12,13)8-4-1-2-5-9(8)17-7-3-6-15-16-14/h1-2,4-5H,3,6-7H2. The maximum Gasteiger partial charge on any atom is 0.419 e. The van der Waals surface area contributed by atoms with Crippen LogP contribution >= 0.6 is 0 Å². The minimum atomic E-state index is -4.43. The molecular formula is C10H10F3N3O. The summed E-state index contributed by atoms with van der Waals surface area (Å²) in [4.78, 5) is 2.53. The molecule has 0 atom stereocenters. The number of alkyl halides is 3. The van der Waals surface area contributed by atoms with E-state index in [1.807, 2.05) is 0 Å². The number of rotatable bonds is 5. The lowest BCUT2D eigenvalue weighted by Gasteiger charge is -2.13. The van der Waals surface area contributed by atoms with Gasteiger partial charge in [-0.05, 0) is 24.1 Å². The van der Waals surface area contributed by atoms with Crippen LogP contribution in [0, 0.1) is 0 Å². The summed E-state index contributed by atoms with van der Waals surface area (Å²) >= 11 is 0. The van der Waals surface area contributed by atoms with E-state index in [1.54, 1.807) is 0 Å². The summed E-state index contributed by atoms with van der Waals surface area (Å²) in [5.41, 5.74) is 7.20. The van der Waals surface area contributed by atoms with Crippen molar-refractivity contribution in [3.8, 4) is 5.75 Å². The highest BCUT2D eigenvalue weighted by Gasteiger charge is 2.33. The smallest absolute Gasteiger partial charge is 0.419 e. The van der Waals surface area contributed by atoms with Gasteiger partial charge in [0.25, 0.3) is 0 Å². The van der Waals surface area contributed by atoms with Crippen molar-refractivity contribution in [3.05, 3.63) is 40.3 Å². The molecule has 0 saturated carbocycles. The molecule has 0 fully saturated rings. The van der Waals surface area contributed by atoms with Crippen molar-refractivity contribution in [1.29, 1.82) is 0 Å². The molecule has 0 heterocycles. The third kappa shape index (κ3) is 4.24. The Balaban J connectivity index is 2.61. The Hall–Kier alpha value is -1.88. The normalized spacial score (nSPS) is 10.8. The van der Waals surface area contributed by atoms with Gasteiger partial charge in [0.1, 0.15) is 5.75 Å². The van der Waals surface area contributed by atoms with E-state index in [2.05, 4.69) is 10.0 Å². The van der Waals surface area contributed by atoms with Crippen molar-refractivity contribution < 1.29 is 17.9 Å². The maximum atomic E-state index is 12.5. The molecule has 0 aromatic heterocycles. The molecule has 0 unspecified atom stereocenters. The van der Waals surface area contributed by atoms with Gasteiger partial charge < -0.3 is 4.74 Å². The fourth-order valence-corrected chi connectivity index (χ4v) is 1.19. The summed E-state index contributed by atoms with van der Waals surface area (Å²) in [6.07, 6.45) is -4.06. The summed E-state index contributed by atoms with van der Waals surface area (Å²) in [7, 11) is 0. The van der Waals surface area contributed by atoms with Crippen molar-refractivity contribution in [2.75, 3.05) is 13.2 Å². The Morgan fingerprint density at radius 2 is 2.00 bits per heavy atom. The number of para-hydroxylation sites is 1. The van der Waals surface area contributed by atoms with Crippen LogP contribution in [0.1, 0.15) is 12.0 Å². The predicted molar refractivity (Wildman–Crippen MR) is 55.6 cm³/mol. The molecule has 17 heavy (non-hydrogen) atoms. The largest absolute Gasteiger partial charge is 0.493 e. The number of azide groups is 1. The van der Waals surface area contributed by atoms with E-state index < -0.39 is 11.7 Å². The van der Waals surface area contributed by atoms with Crippen LogP contribution in [0.5, 0.6) is 5.75 Å². The Morgan fingerprint density at radius 3 is 2.65 bits per heavy atom. The minimum absolute atomic E-state index is 0.0755. The van der Waals surface area contributed by atoms with E-state index in [9.17, 15) is 13.2 Å². The minimum Gasteiger partial charge on any atom is -0.493 e. The van der Waals surface area contributed by atoms with Crippen LogP contribution in [0.4, 0.5) is 13.2 Å². The van der Waals surface area contributed by atoms with Gasteiger partial charge in [-0.3, -0.25) is 0 Å². The second-order valence-corrected chi connectivity index (χ2v) is 3.15. The van der Waals surface area contributed by atoms with Crippen molar-refractivity contribution in [2.45, 2.75) is 12.6 Å². The highest BCUT2D eigenvalue weighted by atomic mass is 19.4. The van der Waals surface area contributed by atoms with Crippen molar-refractivity contribution >= 4 is 0 Å². The lowest BCUT2D eigenvalue weighted by Crippen LogP contribution is -2.09. The van der Waals surface area contributed by atoms with E-state index >= 15 is 0 Å². The van der Waals surface area contributed by atoms with Gasteiger partial charge >= 0.3 is 6.18 Å². The third-order valence-electron chi connectivity index (χ3n) is 1.92. The average Bonchev–Trinajstić information content (AvgIpc) is 2.28. The highest BCUT2D eigenvalue weighted by molar-refractivity contribution is 5.35. The lowest BCUT2D eigenvalue weighted by atomic mass is 10.2. The second kappa shape index (κ2) is 6.00. The van der Waals surface area contributed by atoms with E-state index in [0.717, 1.165) is 6.07 Å². The fourth-order valence-electron chi connectivity index (χ4n) is 1.19. The van der Waals surface area contributed by atoms with E-state index in [4.69, 9.17) is 10.3 Å². The summed E-state index contributed by atoms with van der Waals surface area (Å²) < 4.78 is 42.6. The summed E-state index contributed by atoms with van der Waals surface area (Å²) in [6.45, 7) is 0.275. The molecule has 0 amide bonds. The highest BCUT2D eigenvalue weighted by Crippen LogP contribution is 2.35. The molecule has 0 aliphatic heterocycles.